The van der Waals surface area contributed by atoms with Crippen molar-refractivity contribution >= 4 is 11.8 Å². The maximum atomic E-state index is 12.9. The van der Waals surface area contributed by atoms with Gasteiger partial charge in [0, 0.05) is 11.8 Å². The Morgan fingerprint density at radius 1 is 1.15 bits per heavy atom. The van der Waals surface area contributed by atoms with Crippen LogP contribution in [-0.4, -0.2) is 15.4 Å². The maximum absolute atomic E-state index is 12.9. The summed E-state index contributed by atoms with van der Waals surface area (Å²) >= 11 is 1.33. The van der Waals surface area contributed by atoms with E-state index in [2.05, 4.69) is 15.4 Å². The quantitative estimate of drug-likeness (QED) is 0.414. The van der Waals surface area contributed by atoms with E-state index < -0.39 is 6.10 Å². The molecule has 0 saturated carbocycles. The lowest BCUT2D eigenvalue weighted by molar-refractivity contribution is 0.181. The van der Waals surface area contributed by atoms with E-state index in [1.807, 2.05) is 0 Å². The zero-order valence-corrected chi connectivity index (χ0v) is 15.0. The molecule has 1 aromatic carbocycles. The summed E-state index contributed by atoms with van der Waals surface area (Å²) in [5.74, 6) is 2.20. The summed E-state index contributed by atoms with van der Waals surface area (Å²) in [5.41, 5.74) is 0.724. The first kappa shape index (κ1) is 17.3. The van der Waals surface area contributed by atoms with Crippen LogP contribution >= 0.6 is 11.8 Å². The van der Waals surface area contributed by atoms with Gasteiger partial charge in [0.1, 0.15) is 11.6 Å². The number of rotatable bonds is 7. The average molecular weight is 387 g/mol. The minimum absolute atomic E-state index is 0.324. The highest BCUT2D eigenvalue weighted by Crippen LogP contribution is 2.27. The average Bonchev–Trinajstić information content (AvgIpc) is 3.42. The normalized spacial score (nSPS) is 12.2. The molecular weight excluding hydrogens is 373 g/mol. The Labute approximate surface area is 157 Å². The first-order valence-electron chi connectivity index (χ1n) is 8.05. The van der Waals surface area contributed by atoms with Crippen LogP contribution in [0.25, 0.3) is 11.5 Å². The van der Waals surface area contributed by atoms with Gasteiger partial charge >= 0.3 is 0 Å². The molecular formula is C18H14FN3O4S. The van der Waals surface area contributed by atoms with Gasteiger partial charge in [-0.05, 0) is 43.3 Å². The lowest BCUT2D eigenvalue weighted by atomic mass is 10.3. The number of halogens is 1. The van der Waals surface area contributed by atoms with Crippen LogP contribution in [0.5, 0.6) is 5.75 Å². The Morgan fingerprint density at radius 3 is 2.78 bits per heavy atom. The van der Waals surface area contributed by atoms with Crippen LogP contribution in [0.3, 0.4) is 0 Å². The van der Waals surface area contributed by atoms with Crippen molar-refractivity contribution < 1.29 is 22.5 Å². The fourth-order valence-corrected chi connectivity index (χ4v) is 2.91. The number of ether oxygens (including phenoxy) is 1. The molecule has 9 heteroatoms. The second kappa shape index (κ2) is 7.67. The Balaban J connectivity index is 1.34. The molecule has 0 amide bonds. The minimum Gasteiger partial charge on any atom is -0.481 e. The zero-order valence-electron chi connectivity index (χ0n) is 14.2. The summed E-state index contributed by atoms with van der Waals surface area (Å²) in [6.07, 6.45) is 1.11. The molecule has 1 atom stereocenters. The van der Waals surface area contributed by atoms with Crippen molar-refractivity contribution in [2.45, 2.75) is 24.0 Å². The van der Waals surface area contributed by atoms with Gasteiger partial charge in [0.05, 0.1) is 12.0 Å². The first-order valence-corrected chi connectivity index (χ1v) is 9.04. The van der Waals surface area contributed by atoms with Crippen LogP contribution in [0, 0.1) is 5.82 Å². The van der Waals surface area contributed by atoms with Crippen molar-refractivity contribution in [3.63, 3.8) is 0 Å². The van der Waals surface area contributed by atoms with Crippen LogP contribution in [0.15, 0.2) is 67.3 Å². The van der Waals surface area contributed by atoms with E-state index in [1.54, 1.807) is 43.5 Å². The highest BCUT2D eigenvalue weighted by molar-refractivity contribution is 7.98. The Morgan fingerprint density at radius 2 is 2.00 bits per heavy atom. The molecule has 4 aromatic rings. The number of hydrogen-bond donors (Lipinski definition) is 0. The summed E-state index contributed by atoms with van der Waals surface area (Å²) in [6.45, 7) is 1.78. The van der Waals surface area contributed by atoms with Crippen molar-refractivity contribution in [2.75, 3.05) is 0 Å². The second-order valence-corrected chi connectivity index (χ2v) is 6.50. The van der Waals surface area contributed by atoms with Crippen molar-refractivity contribution in [3.05, 3.63) is 66.1 Å². The maximum Gasteiger partial charge on any atom is 0.277 e. The smallest absolute Gasteiger partial charge is 0.277 e. The third-order valence-electron chi connectivity index (χ3n) is 3.56. The second-order valence-electron chi connectivity index (χ2n) is 5.57. The molecule has 27 heavy (non-hydrogen) atoms. The molecule has 0 aliphatic carbocycles. The van der Waals surface area contributed by atoms with E-state index in [0.717, 1.165) is 5.69 Å². The third-order valence-corrected chi connectivity index (χ3v) is 4.41. The fourth-order valence-electron chi connectivity index (χ4n) is 2.26. The summed E-state index contributed by atoms with van der Waals surface area (Å²) in [6, 6.07) is 11.1. The summed E-state index contributed by atoms with van der Waals surface area (Å²) < 4.78 is 34.7. The zero-order chi connectivity index (χ0) is 18.6. The van der Waals surface area contributed by atoms with Gasteiger partial charge in [-0.3, -0.25) is 0 Å². The van der Waals surface area contributed by atoms with Crippen molar-refractivity contribution in [3.8, 4) is 17.3 Å². The molecule has 138 valence electrons. The van der Waals surface area contributed by atoms with Gasteiger partial charge in [0.15, 0.2) is 11.9 Å². The summed E-state index contributed by atoms with van der Waals surface area (Å²) in [7, 11) is 0. The van der Waals surface area contributed by atoms with Gasteiger partial charge in [-0.25, -0.2) is 4.39 Å². The van der Waals surface area contributed by atoms with Crippen molar-refractivity contribution in [2.24, 2.45) is 0 Å². The van der Waals surface area contributed by atoms with E-state index in [1.165, 1.54) is 23.9 Å². The van der Waals surface area contributed by atoms with Crippen LogP contribution in [0.2, 0.25) is 0 Å². The van der Waals surface area contributed by atoms with Gasteiger partial charge in [0.25, 0.3) is 11.1 Å². The lowest BCUT2D eigenvalue weighted by Crippen LogP contribution is -2.03. The van der Waals surface area contributed by atoms with Crippen LogP contribution in [0.1, 0.15) is 24.6 Å². The highest BCUT2D eigenvalue weighted by Gasteiger charge is 2.17. The molecule has 0 spiro atoms. The predicted octanol–water partition coefficient (Wildman–Crippen LogP) is 4.89. The van der Waals surface area contributed by atoms with Gasteiger partial charge in [-0.15, -0.1) is 10.2 Å². The standard InChI is InChI=1S/C18H14FN3O4S/c1-11(24-14-6-4-12(19)5-7-14)17-20-21-18(25-17)27-10-13-9-16(26-22-13)15-3-2-8-23-15/h2-9,11H,10H2,1H3/t11-/m1/s1. The molecule has 7 nitrogen and oxygen atoms in total. The van der Waals surface area contributed by atoms with E-state index >= 15 is 0 Å². The van der Waals surface area contributed by atoms with Gasteiger partial charge < -0.3 is 18.1 Å². The van der Waals surface area contributed by atoms with Crippen molar-refractivity contribution in [1.82, 2.24) is 15.4 Å². The van der Waals surface area contributed by atoms with Crippen LogP contribution in [-0.2, 0) is 5.75 Å². The van der Waals surface area contributed by atoms with E-state index in [9.17, 15) is 4.39 Å². The van der Waals surface area contributed by atoms with Gasteiger partial charge in [-0.1, -0.05) is 16.9 Å². The number of hydrogen-bond acceptors (Lipinski definition) is 8. The number of benzene rings is 1. The largest absolute Gasteiger partial charge is 0.481 e. The Kier molecular flexibility index (Phi) is 4.93. The summed E-state index contributed by atoms with van der Waals surface area (Å²) in [5, 5.41) is 12.4. The predicted molar refractivity (Wildman–Crippen MR) is 93.5 cm³/mol. The van der Waals surface area contributed by atoms with Gasteiger partial charge in [0.2, 0.25) is 5.76 Å². The molecule has 0 saturated heterocycles. The van der Waals surface area contributed by atoms with Gasteiger partial charge in [-0.2, -0.15) is 0 Å². The Hall–Kier alpha value is -3.07. The minimum atomic E-state index is -0.463. The highest BCUT2D eigenvalue weighted by atomic mass is 32.2. The van der Waals surface area contributed by atoms with E-state index in [0.29, 0.717) is 34.1 Å². The molecule has 0 fully saturated rings. The topological polar surface area (TPSA) is 87.3 Å². The molecule has 0 N–H and O–H groups in total. The molecule has 3 heterocycles. The monoisotopic (exact) mass is 387 g/mol. The molecule has 0 radical (unpaired) electrons. The van der Waals surface area contributed by atoms with E-state index in [4.69, 9.17) is 18.1 Å². The first-order chi connectivity index (χ1) is 13.2. The summed E-state index contributed by atoms with van der Waals surface area (Å²) in [4.78, 5) is 0. The molecule has 0 bridgehead atoms. The fraction of sp³-hybridized carbons (Fsp3) is 0.167. The van der Waals surface area contributed by atoms with Crippen molar-refractivity contribution in [1.29, 1.82) is 0 Å². The number of nitrogens with zero attached hydrogens (tertiary/aromatic N) is 3. The van der Waals surface area contributed by atoms with Crippen LogP contribution in [0.4, 0.5) is 4.39 Å². The third kappa shape index (κ3) is 4.20. The SMILES string of the molecule is C[C@@H](Oc1ccc(F)cc1)c1nnc(SCc2cc(-c3ccco3)on2)o1. The molecule has 0 unspecified atom stereocenters. The number of furan rings is 1. The Bertz CT molecular complexity index is 998. The molecule has 0 aliphatic rings. The lowest BCUT2D eigenvalue weighted by Gasteiger charge is -2.10. The van der Waals surface area contributed by atoms with E-state index in [-0.39, 0.29) is 5.82 Å². The van der Waals surface area contributed by atoms with Crippen LogP contribution < -0.4 is 4.74 Å². The molecule has 4 rings (SSSR count). The number of aromatic nitrogens is 3. The number of thioether (sulfide) groups is 1. The molecule has 0 aliphatic heterocycles. The molecule has 3 aromatic heterocycles.